The summed E-state index contributed by atoms with van der Waals surface area (Å²) in [6.07, 6.45) is -2.02. The number of carbonyl (C=O) groups is 1. The summed E-state index contributed by atoms with van der Waals surface area (Å²) in [7, 11) is 0. The number of nitrogens with zero attached hydrogens (tertiary/aromatic N) is 5. The van der Waals surface area contributed by atoms with Crippen LogP contribution in [-0.2, 0) is 11.3 Å². The van der Waals surface area contributed by atoms with Crippen LogP contribution in [0, 0.1) is 11.8 Å². The average Bonchev–Trinajstić information content (AvgIpc) is 3.54. The van der Waals surface area contributed by atoms with Crippen molar-refractivity contribution >= 4 is 34.3 Å². The van der Waals surface area contributed by atoms with Crippen LogP contribution in [0.15, 0.2) is 34.2 Å². The maximum atomic E-state index is 13.2. The van der Waals surface area contributed by atoms with Gasteiger partial charge in [-0.05, 0) is 50.2 Å². The number of benzene rings is 1. The van der Waals surface area contributed by atoms with Gasteiger partial charge in [0, 0.05) is 12.6 Å². The number of amides is 1. The molecule has 0 aliphatic heterocycles. The molecule has 7 nitrogen and oxygen atoms in total. The van der Waals surface area contributed by atoms with Crippen molar-refractivity contribution in [2.24, 2.45) is 11.8 Å². The van der Waals surface area contributed by atoms with Gasteiger partial charge < -0.3 is 4.90 Å². The van der Waals surface area contributed by atoms with Crippen LogP contribution in [0.4, 0.5) is 13.2 Å². The molecule has 0 bridgehead atoms. The number of para-hydroxylation sites is 1. The summed E-state index contributed by atoms with van der Waals surface area (Å²) in [4.78, 5) is 26.9. The number of alkyl halides is 3. The van der Waals surface area contributed by atoms with E-state index in [0.29, 0.717) is 34.3 Å². The van der Waals surface area contributed by atoms with Gasteiger partial charge in [0.25, 0.3) is 5.56 Å². The third-order valence-corrected chi connectivity index (χ3v) is 7.11. The van der Waals surface area contributed by atoms with E-state index in [1.165, 1.54) is 0 Å². The molecule has 4 rings (SSSR count). The summed E-state index contributed by atoms with van der Waals surface area (Å²) in [5, 5.41) is 9.27. The largest absolute Gasteiger partial charge is 0.406 e. The van der Waals surface area contributed by atoms with Crippen LogP contribution in [0.3, 0.4) is 0 Å². The molecule has 1 aliphatic carbocycles. The van der Waals surface area contributed by atoms with E-state index in [-0.39, 0.29) is 17.2 Å². The fraction of sp³-hybridized carbons (Fsp3) is 0.565. The van der Waals surface area contributed by atoms with E-state index in [2.05, 4.69) is 24.0 Å². The molecule has 0 saturated heterocycles. The summed E-state index contributed by atoms with van der Waals surface area (Å²) in [5.41, 5.74) is 0.431. The molecule has 34 heavy (non-hydrogen) atoms. The van der Waals surface area contributed by atoms with Crippen LogP contribution < -0.4 is 5.56 Å². The number of hydrogen-bond acceptors (Lipinski definition) is 5. The van der Waals surface area contributed by atoms with E-state index >= 15 is 0 Å². The monoisotopic (exact) mass is 495 g/mol. The third-order valence-electron chi connectivity index (χ3n) is 6.20. The second-order valence-electron chi connectivity index (χ2n) is 9.28. The summed E-state index contributed by atoms with van der Waals surface area (Å²) in [6, 6.07) is 6.60. The molecule has 1 atom stereocenters. The van der Waals surface area contributed by atoms with E-state index in [0.717, 1.165) is 35.9 Å². The van der Waals surface area contributed by atoms with Gasteiger partial charge in [-0.25, -0.2) is 0 Å². The molecule has 1 aliphatic rings. The number of carbonyl (C=O) groups excluding carboxylic acids is 1. The molecule has 0 radical (unpaired) electrons. The minimum Gasteiger partial charge on any atom is -0.330 e. The van der Waals surface area contributed by atoms with E-state index in [1.54, 1.807) is 40.2 Å². The van der Waals surface area contributed by atoms with E-state index in [4.69, 9.17) is 0 Å². The van der Waals surface area contributed by atoms with Gasteiger partial charge in [0.1, 0.15) is 6.54 Å². The Labute approximate surface area is 199 Å². The Morgan fingerprint density at radius 2 is 1.91 bits per heavy atom. The number of hydrogen-bond donors (Lipinski definition) is 0. The first kappa shape index (κ1) is 24.6. The molecule has 2 heterocycles. The predicted molar refractivity (Wildman–Crippen MR) is 125 cm³/mol. The molecule has 1 saturated carbocycles. The molecule has 11 heteroatoms. The number of rotatable bonds is 9. The molecule has 3 aromatic rings. The fourth-order valence-electron chi connectivity index (χ4n) is 4.11. The number of aromatic nitrogens is 4. The van der Waals surface area contributed by atoms with Gasteiger partial charge in [0.05, 0.1) is 16.7 Å². The number of aryl methyl sites for hydroxylation is 1. The van der Waals surface area contributed by atoms with Crippen molar-refractivity contribution in [2.75, 3.05) is 12.3 Å². The highest BCUT2D eigenvalue weighted by molar-refractivity contribution is 7.99. The highest BCUT2D eigenvalue weighted by atomic mass is 32.2. The normalized spacial score (nSPS) is 15.4. The first-order chi connectivity index (χ1) is 16.1. The van der Waals surface area contributed by atoms with Crippen LogP contribution >= 0.6 is 11.8 Å². The molecule has 0 spiro atoms. The molecular weight excluding hydrogens is 467 g/mol. The summed E-state index contributed by atoms with van der Waals surface area (Å²) in [5.74, 6) is 0.0621. The van der Waals surface area contributed by atoms with Crippen molar-refractivity contribution in [1.29, 1.82) is 0 Å². The van der Waals surface area contributed by atoms with E-state index in [1.807, 2.05) is 0 Å². The van der Waals surface area contributed by atoms with Gasteiger partial charge in [-0.15, -0.1) is 10.2 Å². The zero-order valence-corrected chi connectivity index (χ0v) is 20.2. The van der Waals surface area contributed by atoms with E-state index in [9.17, 15) is 22.8 Å². The van der Waals surface area contributed by atoms with Crippen LogP contribution in [-0.4, -0.2) is 54.5 Å². The Bertz CT molecular complexity index is 1250. The topological polar surface area (TPSA) is 72.5 Å². The molecule has 184 valence electrons. The minimum atomic E-state index is -4.46. The third kappa shape index (κ3) is 5.24. The fourth-order valence-corrected chi connectivity index (χ4v) is 4.94. The summed E-state index contributed by atoms with van der Waals surface area (Å²) < 4.78 is 42.8. The van der Waals surface area contributed by atoms with Gasteiger partial charge in [-0.1, -0.05) is 37.7 Å². The van der Waals surface area contributed by atoms with Gasteiger partial charge in [-0.3, -0.25) is 18.6 Å². The Kier molecular flexibility index (Phi) is 6.93. The van der Waals surface area contributed by atoms with Gasteiger partial charge in [0.15, 0.2) is 5.16 Å². The molecular formula is C23H28F3N5O2S. The standard InChI is InChI=1S/C23H28F3N5O2S/c1-14(2)10-11-29-20(33)17-6-4-5-7-18(17)31-21(29)27-28-22(31)34-12-19(32)30(13-23(24,25)26)15(3)16-8-9-16/h4-7,14-16H,8-13H2,1-3H3. The zero-order valence-electron chi connectivity index (χ0n) is 19.4. The minimum absolute atomic E-state index is 0.115. The van der Waals surface area contributed by atoms with Crippen LogP contribution in [0.2, 0.25) is 0 Å². The predicted octanol–water partition coefficient (Wildman–Crippen LogP) is 4.37. The molecule has 1 aromatic carbocycles. The molecule has 1 amide bonds. The average molecular weight is 496 g/mol. The number of halogens is 3. The van der Waals surface area contributed by atoms with Crippen LogP contribution in [0.5, 0.6) is 0 Å². The quantitative estimate of drug-likeness (QED) is 0.412. The Morgan fingerprint density at radius 1 is 1.21 bits per heavy atom. The first-order valence-corrected chi connectivity index (χ1v) is 12.4. The Morgan fingerprint density at radius 3 is 2.56 bits per heavy atom. The lowest BCUT2D eigenvalue weighted by Gasteiger charge is -2.30. The maximum absolute atomic E-state index is 13.2. The second kappa shape index (κ2) is 9.59. The smallest absolute Gasteiger partial charge is 0.330 e. The number of fused-ring (bicyclic) bond motifs is 3. The lowest BCUT2D eigenvalue weighted by molar-refractivity contribution is -0.164. The van der Waals surface area contributed by atoms with Crippen LogP contribution in [0.1, 0.15) is 40.0 Å². The van der Waals surface area contributed by atoms with Gasteiger partial charge >= 0.3 is 6.18 Å². The number of thioether (sulfide) groups is 1. The van der Waals surface area contributed by atoms with Crippen molar-refractivity contribution in [1.82, 2.24) is 24.1 Å². The Hall–Kier alpha value is -2.56. The SMILES string of the molecule is CC(C)CCn1c(=O)c2ccccc2n2c(SCC(=O)N(CC(F)(F)F)C(C)C3CC3)nnc12. The van der Waals surface area contributed by atoms with Crippen molar-refractivity contribution < 1.29 is 18.0 Å². The second-order valence-corrected chi connectivity index (χ2v) is 10.2. The highest BCUT2D eigenvalue weighted by Crippen LogP contribution is 2.36. The molecule has 2 aromatic heterocycles. The lowest BCUT2D eigenvalue weighted by atomic mass is 10.1. The van der Waals surface area contributed by atoms with Crippen molar-refractivity contribution in [3.63, 3.8) is 0 Å². The van der Waals surface area contributed by atoms with Crippen molar-refractivity contribution in [3.8, 4) is 0 Å². The first-order valence-electron chi connectivity index (χ1n) is 11.4. The molecule has 1 fully saturated rings. The maximum Gasteiger partial charge on any atom is 0.406 e. The highest BCUT2D eigenvalue weighted by Gasteiger charge is 2.40. The summed E-state index contributed by atoms with van der Waals surface area (Å²) >= 11 is 1.04. The van der Waals surface area contributed by atoms with E-state index < -0.39 is 24.7 Å². The van der Waals surface area contributed by atoms with Gasteiger partial charge in [0.2, 0.25) is 11.7 Å². The lowest BCUT2D eigenvalue weighted by Crippen LogP contribution is -2.46. The Balaban J connectivity index is 1.65. The summed E-state index contributed by atoms with van der Waals surface area (Å²) in [6.45, 7) is 5.01. The molecule has 1 unspecified atom stereocenters. The van der Waals surface area contributed by atoms with Crippen LogP contribution in [0.25, 0.3) is 16.7 Å². The van der Waals surface area contributed by atoms with Gasteiger partial charge in [-0.2, -0.15) is 13.2 Å². The van der Waals surface area contributed by atoms with Crippen molar-refractivity contribution in [2.45, 2.75) is 64.0 Å². The zero-order chi connectivity index (χ0) is 24.6. The van der Waals surface area contributed by atoms with Crippen molar-refractivity contribution in [3.05, 3.63) is 34.6 Å². The molecule has 0 N–H and O–H groups in total.